The number of carbonyl (C=O) groups is 1. The highest BCUT2D eigenvalue weighted by atomic mass is 32.2. The van der Waals surface area contributed by atoms with E-state index in [1.54, 1.807) is 49.1 Å². The Morgan fingerprint density at radius 3 is 2.49 bits per heavy atom. The van der Waals surface area contributed by atoms with Crippen LogP contribution in [0.2, 0.25) is 0 Å². The minimum atomic E-state index is -0.616. The molecule has 2 aromatic carbocycles. The van der Waals surface area contributed by atoms with E-state index in [1.165, 1.54) is 24.9 Å². The molecule has 3 N–H and O–H groups in total. The molecule has 0 fully saturated rings. The number of thioether (sulfide) groups is 1. The van der Waals surface area contributed by atoms with E-state index in [0.29, 0.717) is 45.3 Å². The SMILES string of the molecule is COc1cccc(-n2c(Cc3cc(=O)[nH]c(=O)[nH]3)nnc2SCC(=O)Nc2ccc(OC)cc2OC)c1. The zero-order valence-corrected chi connectivity index (χ0v) is 21.0. The van der Waals surface area contributed by atoms with Crippen LogP contribution in [-0.2, 0) is 11.2 Å². The van der Waals surface area contributed by atoms with Crippen LogP contribution in [0.3, 0.4) is 0 Å². The fourth-order valence-corrected chi connectivity index (χ4v) is 4.29. The number of aromatic amines is 2. The normalized spacial score (nSPS) is 10.7. The number of amides is 1. The van der Waals surface area contributed by atoms with Crippen LogP contribution in [0.5, 0.6) is 17.2 Å². The summed E-state index contributed by atoms with van der Waals surface area (Å²) in [5.41, 5.74) is 0.418. The van der Waals surface area contributed by atoms with Crippen molar-refractivity contribution in [2.75, 3.05) is 32.4 Å². The van der Waals surface area contributed by atoms with Gasteiger partial charge in [-0.1, -0.05) is 17.8 Å². The number of nitrogens with one attached hydrogen (secondary N) is 3. The van der Waals surface area contributed by atoms with Crippen molar-refractivity contribution in [2.24, 2.45) is 0 Å². The molecular formula is C24H24N6O6S. The van der Waals surface area contributed by atoms with Crippen LogP contribution in [0.4, 0.5) is 5.69 Å². The Labute approximate surface area is 215 Å². The number of hydrogen-bond donors (Lipinski definition) is 3. The second-order valence-corrected chi connectivity index (χ2v) is 8.57. The van der Waals surface area contributed by atoms with E-state index in [9.17, 15) is 14.4 Å². The Morgan fingerprint density at radius 1 is 0.973 bits per heavy atom. The fraction of sp³-hybridized carbons (Fsp3) is 0.208. The van der Waals surface area contributed by atoms with E-state index in [-0.39, 0.29) is 18.1 Å². The molecule has 0 saturated carbocycles. The lowest BCUT2D eigenvalue weighted by molar-refractivity contribution is -0.113. The average molecular weight is 525 g/mol. The molecule has 2 heterocycles. The molecule has 0 spiro atoms. The van der Waals surface area contributed by atoms with Gasteiger partial charge < -0.3 is 24.5 Å². The molecule has 37 heavy (non-hydrogen) atoms. The summed E-state index contributed by atoms with van der Waals surface area (Å²) in [6, 6.07) is 13.6. The predicted molar refractivity (Wildman–Crippen MR) is 137 cm³/mol. The molecule has 0 unspecified atom stereocenters. The van der Waals surface area contributed by atoms with E-state index in [2.05, 4.69) is 25.5 Å². The smallest absolute Gasteiger partial charge is 0.325 e. The monoisotopic (exact) mass is 524 g/mol. The topological polar surface area (TPSA) is 153 Å². The summed E-state index contributed by atoms with van der Waals surface area (Å²) >= 11 is 1.17. The van der Waals surface area contributed by atoms with Gasteiger partial charge in [0.05, 0.1) is 38.5 Å². The van der Waals surface area contributed by atoms with Gasteiger partial charge in [-0.3, -0.25) is 19.1 Å². The van der Waals surface area contributed by atoms with Gasteiger partial charge in [0.25, 0.3) is 5.56 Å². The van der Waals surface area contributed by atoms with Crippen molar-refractivity contribution in [3.8, 4) is 22.9 Å². The van der Waals surface area contributed by atoms with Crippen molar-refractivity contribution >= 4 is 23.4 Å². The van der Waals surface area contributed by atoms with Gasteiger partial charge in [0.1, 0.15) is 23.1 Å². The fourth-order valence-electron chi connectivity index (χ4n) is 3.52. The minimum absolute atomic E-state index is 0.0269. The van der Waals surface area contributed by atoms with Gasteiger partial charge in [-0.15, -0.1) is 10.2 Å². The Bertz CT molecular complexity index is 1500. The lowest BCUT2D eigenvalue weighted by Gasteiger charge is -2.13. The number of aromatic nitrogens is 5. The first-order valence-electron chi connectivity index (χ1n) is 11.0. The summed E-state index contributed by atoms with van der Waals surface area (Å²) in [4.78, 5) is 41.0. The number of hydrogen-bond acceptors (Lipinski definition) is 9. The van der Waals surface area contributed by atoms with Crippen LogP contribution in [-0.4, -0.2) is 57.7 Å². The highest BCUT2D eigenvalue weighted by molar-refractivity contribution is 7.99. The first-order valence-corrected chi connectivity index (χ1v) is 11.9. The second-order valence-electron chi connectivity index (χ2n) is 7.63. The maximum Gasteiger partial charge on any atom is 0.325 e. The van der Waals surface area contributed by atoms with Crippen molar-refractivity contribution < 1.29 is 19.0 Å². The summed E-state index contributed by atoms with van der Waals surface area (Å²) in [5, 5.41) is 11.8. The summed E-state index contributed by atoms with van der Waals surface area (Å²) in [6.45, 7) is 0. The number of methoxy groups -OCH3 is 3. The van der Waals surface area contributed by atoms with Crippen molar-refractivity contribution in [3.05, 3.63) is 80.9 Å². The van der Waals surface area contributed by atoms with Crippen molar-refractivity contribution in [2.45, 2.75) is 11.6 Å². The second kappa shape index (κ2) is 11.5. The van der Waals surface area contributed by atoms with Crippen LogP contribution < -0.4 is 30.8 Å². The van der Waals surface area contributed by atoms with Gasteiger partial charge in [-0.25, -0.2) is 4.79 Å². The molecule has 4 aromatic rings. The van der Waals surface area contributed by atoms with E-state index in [1.807, 2.05) is 12.1 Å². The summed E-state index contributed by atoms with van der Waals surface area (Å²) < 4.78 is 17.6. The van der Waals surface area contributed by atoms with Crippen molar-refractivity contribution in [3.63, 3.8) is 0 Å². The van der Waals surface area contributed by atoms with Gasteiger partial charge in [0.15, 0.2) is 5.16 Å². The molecule has 4 rings (SSSR count). The molecule has 0 aliphatic carbocycles. The van der Waals surface area contributed by atoms with Gasteiger partial charge in [0.2, 0.25) is 5.91 Å². The molecule has 0 radical (unpaired) electrons. The van der Waals surface area contributed by atoms with Crippen LogP contribution in [0.25, 0.3) is 5.69 Å². The van der Waals surface area contributed by atoms with Crippen LogP contribution in [0, 0.1) is 0 Å². The lowest BCUT2D eigenvalue weighted by atomic mass is 10.2. The third-order valence-electron chi connectivity index (χ3n) is 5.19. The number of ether oxygens (including phenoxy) is 3. The van der Waals surface area contributed by atoms with E-state index < -0.39 is 11.2 Å². The molecule has 0 atom stereocenters. The highest BCUT2D eigenvalue weighted by Crippen LogP contribution is 2.30. The molecule has 0 aliphatic rings. The molecule has 1 amide bonds. The standard InChI is InChI=1S/C24H24N6O6S/c1-34-16-6-4-5-15(11-16)30-20(9-14-10-21(31)27-23(33)25-14)28-29-24(30)37-13-22(32)26-18-8-7-17(35-2)12-19(18)36-3/h4-8,10-12H,9,13H2,1-3H3,(H,26,32)(H2,25,27,31,33). The number of nitrogens with zero attached hydrogens (tertiary/aromatic N) is 3. The van der Waals surface area contributed by atoms with E-state index in [0.717, 1.165) is 0 Å². The van der Waals surface area contributed by atoms with Crippen molar-refractivity contribution in [1.29, 1.82) is 0 Å². The average Bonchev–Trinajstić information content (AvgIpc) is 3.29. The number of anilines is 1. The maximum absolute atomic E-state index is 12.8. The Kier molecular flexibility index (Phi) is 7.93. The first kappa shape index (κ1) is 25.6. The summed E-state index contributed by atoms with van der Waals surface area (Å²) in [6.07, 6.45) is 0.124. The van der Waals surface area contributed by atoms with Gasteiger partial charge in [0, 0.05) is 30.3 Å². The summed E-state index contributed by atoms with van der Waals surface area (Å²) in [5.74, 6) is 1.88. The summed E-state index contributed by atoms with van der Waals surface area (Å²) in [7, 11) is 4.61. The zero-order valence-electron chi connectivity index (χ0n) is 20.2. The Hall–Kier alpha value is -4.52. The predicted octanol–water partition coefficient (Wildman–Crippen LogP) is 1.99. The highest BCUT2D eigenvalue weighted by Gasteiger charge is 2.18. The van der Waals surface area contributed by atoms with E-state index >= 15 is 0 Å². The molecule has 13 heteroatoms. The van der Waals surface area contributed by atoms with Crippen LogP contribution in [0.15, 0.2) is 63.3 Å². The third kappa shape index (κ3) is 6.19. The van der Waals surface area contributed by atoms with Crippen LogP contribution in [0.1, 0.15) is 11.5 Å². The van der Waals surface area contributed by atoms with E-state index in [4.69, 9.17) is 14.2 Å². The Morgan fingerprint density at radius 2 is 1.76 bits per heavy atom. The number of benzene rings is 2. The quantitative estimate of drug-likeness (QED) is 0.264. The molecule has 0 bridgehead atoms. The third-order valence-corrected chi connectivity index (χ3v) is 6.12. The molecule has 192 valence electrons. The molecule has 2 aromatic heterocycles. The number of H-pyrrole nitrogens is 2. The first-order chi connectivity index (χ1) is 17.9. The number of carbonyl (C=O) groups excluding carboxylic acids is 1. The minimum Gasteiger partial charge on any atom is -0.497 e. The van der Waals surface area contributed by atoms with Gasteiger partial charge in [-0.2, -0.15) is 0 Å². The van der Waals surface area contributed by atoms with Gasteiger partial charge in [-0.05, 0) is 24.3 Å². The van der Waals surface area contributed by atoms with Gasteiger partial charge >= 0.3 is 5.69 Å². The number of rotatable bonds is 10. The Balaban J connectivity index is 1.59. The molecule has 0 aliphatic heterocycles. The molecule has 0 saturated heterocycles. The maximum atomic E-state index is 12.8. The van der Waals surface area contributed by atoms with Crippen LogP contribution >= 0.6 is 11.8 Å². The molecular weight excluding hydrogens is 500 g/mol. The zero-order chi connectivity index (χ0) is 26.4. The largest absolute Gasteiger partial charge is 0.497 e. The van der Waals surface area contributed by atoms with Crippen molar-refractivity contribution in [1.82, 2.24) is 24.7 Å². The lowest BCUT2D eigenvalue weighted by Crippen LogP contribution is -2.23. The molecule has 12 nitrogen and oxygen atoms in total.